The topological polar surface area (TPSA) is 63.9 Å². The summed E-state index contributed by atoms with van der Waals surface area (Å²) in [6.07, 6.45) is 5.06. The number of aromatic nitrogens is 4. The summed E-state index contributed by atoms with van der Waals surface area (Å²) in [5, 5.41) is 4.62. The predicted octanol–water partition coefficient (Wildman–Crippen LogP) is 2.54. The largest absolute Gasteiger partial charge is 0.356 e. The Bertz CT molecular complexity index is 886. The van der Waals surface area contributed by atoms with Gasteiger partial charge >= 0.3 is 0 Å². The molecule has 1 aliphatic heterocycles. The second kappa shape index (κ2) is 6.84. The molecule has 0 aliphatic carbocycles. The Morgan fingerprint density at radius 3 is 2.48 bits per heavy atom. The number of hydrogen-bond donors (Lipinski definition) is 0. The first-order valence-corrected chi connectivity index (χ1v) is 8.47. The third-order valence-electron chi connectivity index (χ3n) is 4.60. The minimum Gasteiger partial charge on any atom is -0.356 e. The van der Waals surface area contributed by atoms with Crippen molar-refractivity contribution in [1.82, 2.24) is 19.7 Å². The lowest BCUT2D eigenvalue weighted by Gasteiger charge is -2.32. The van der Waals surface area contributed by atoms with E-state index in [-0.39, 0.29) is 11.6 Å². The summed E-state index contributed by atoms with van der Waals surface area (Å²) >= 11 is 0. The summed E-state index contributed by atoms with van der Waals surface area (Å²) in [6.45, 7) is 1.71. The highest BCUT2D eigenvalue weighted by Crippen LogP contribution is 2.24. The van der Waals surface area contributed by atoms with Crippen LogP contribution in [0.4, 0.5) is 5.82 Å². The van der Waals surface area contributed by atoms with Gasteiger partial charge in [-0.15, -0.1) is 0 Å². The molecule has 1 saturated heterocycles. The summed E-state index contributed by atoms with van der Waals surface area (Å²) < 4.78 is 1.65. The molecule has 1 aliphatic rings. The van der Waals surface area contributed by atoms with Gasteiger partial charge in [0.15, 0.2) is 0 Å². The number of nitrogens with zero attached hydrogens (tertiary/aromatic N) is 5. The van der Waals surface area contributed by atoms with E-state index in [1.165, 1.54) is 0 Å². The Hall–Kier alpha value is -3.02. The average Bonchev–Trinajstić information content (AvgIpc) is 2.70. The molecule has 0 atom stereocenters. The molecule has 25 heavy (non-hydrogen) atoms. The van der Waals surface area contributed by atoms with Gasteiger partial charge < -0.3 is 4.90 Å². The van der Waals surface area contributed by atoms with Crippen molar-refractivity contribution in [2.45, 2.75) is 18.9 Å². The first-order valence-electron chi connectivity index (χ1n) is 8.47. The van der Waals surface area contributed by atoms with Crippen LogP contribution >= 0.6 is 0 Å². The zero-order chi connectivity index (χ0) is 17.1. The standard InChI is InChI=1S/C19H19N5O/c25-19-7-6-17(15-4-2-1-3-5-15)22-24(19)16-9-12-23(13-10-16)18-8-11-20-14-21-18/h1-8,11,14,16H,9-10,12-13H2. The lowest BCUT2D eigenvalue weighted by atomic mass is 10.1. The van der Waals surface area contributed by atoms with Crippen LogP contribution < -0.4 is 10.5 Å². The first kappa shape index (κ1) is 15.5. The molecule has 2 aromatic heterocycles. The lowest BCUT2D eigenvalue weighted by molar-refractivity contribution is 0.353. The molecule has 0 bridgehead atoms. The number of rotatable bonds is 3. The van der Waals surface area contributed by atoms with E-state index in [9.17, 15) is 4.79 Å². The van der Waals surface area contributed by atoms with Crippen molar-refractivity contribution in [2.75, 3.05) is 18.0 Å². The van der Waals surface area contributed by atoms with Crippen molar-refractivity contribution in [3.63, 3.8) is 0 Å². The van der Waals surface area contributed by atoms with Crippen molar-refractivity contribution in [3.05, 3.63) is 71.4 Å². The van der Waals surface area contributed by atoms with Crippen molar-refractivity contribution in [2.24, 2.45) is 0 Å². The lowest BCUT2D eigenvalue weighted by Crippen LogP contribution is -2.38. The van der Waals surface area contributed by atoms with Crippen LogP contribution in [-0.2, 0) is 0 Å². The van der Waals surface area contributed by atoms with Gasteiger partial charge in [0.05, 0.1) is 11.7 Å². The zero-order valence-corrected chi connectivity index (χ0v) is 13.8. The Morgan fingerprint density at radius 1 is 0.960 bits per heavy atom. The fourth-order valence-corrected chi connectivity index (χ4v) is 3.26. The molecule has 1 aromatic carbocycles. The normalized spacial score (nSPS) is 15.3. The smallest absolute Gasteiger partial charge is 0.267 e. The quantitative estimate of drug-likeness (QED) is 0.737. The number of hydrogen-bond acceptors (Lipinski definition) is 5. The van der Waals surface area contributed by atoms with Crippen LogP contribution in [0.25, 0.3) is 11.3 Å². The maximum Gasteiger partial charge on any atom is 0.267 e. The molecule has 6 heteroatoms. The van der Waals surface area contributed by atoms with Crippen molar-refractivity contribution >= 4 is 5.82 Å². The van der Waals surface area contributed by atoms with Gasteiger partial charge in [0.1, 0.15) is 12.1 Å². The molecule has 4 rings (SSSR count). The molecule has 6 nitrogen and oxygen atoms in total. The van der Waals surface area contributed by atoms with E-state index in [2.05, 4.69) is 20.0 Å². The minimum atomic E-state index is -0.0415. The van der Waals surface area contributed by atoms with Gasteiger partial charge in [-0.25, -0.2) is 14.6 Å². The van der Waals surface area contributed by atoms with Crippen molar-refractivity contribution in [1.29, 1.82) is 0 Å². The summed E-state index contributed by atoms with van der Waals surface area (Å²) in [6, 6.07) is 15.4. The highest BCUT2D eigenvalue weighted by molar-refractivity contribution is 5.57. The molecule has 0 radical (unpaired) electrons. The zero-order valence-electron chi connectivity index (χ0n) is 13.8. The van der Waals surface area contributed by atoms with Crippen LogP contribution in [0.5, 0.6) is 0 Å². The molecule has 0 saturated carbocycles. The van der Waals surface area contributed by atoms with Crippen LogP contribution in [0.1, 0.15) is 18.9 Å². The third kappa shape index (κ3) is 3.28. The fourth-order valence-electron chi connectivity index (χ4n) is 3.26. The number of benzene rings is 1. The second-order valence-electron chi connectivity index (χ2n) is 6.15. The van der Waals surface area contributed by atoms with Crippen LogP contribution in [0.3, 0.4) is 0 Å². The summed E-state index contributed by atoms with van der Waals surface area (Å²) in [7, 11) is 0. The predicted molar refractivity (Wildman–Crippen MR) is 96.4 cm³/mol. The second-order valence-corrected chi connectivity index (χ2v) is 6.15. The van der Waals surface area contributed by atoms with Gasteiger partial charge in [-0.3, -0.25) is 4.79 Å². The summed E-state index contributed by atoms with van der Waals surface area (Å²) in [5.41, 5.74) is 1.81. The van der Waals surface area contributed by atoms with Gasteiger partial charge in [0.2, 0.25) is 0 Å². The number of piperidine rings is 1. The van der Waals surface area contributed by atoms with E-state index < -0.39 is 0 Å². The number of anilines is 1. The van der Waals surface area contributed by atoms with Gasteiger partial charge in [-0.1, -0.05) is 30.3 Å². The molecule has 126 valence electrons. The Labute approximate surface area is 145 Å². The fraction of sp³-hybridized carbons (Fsp3) is 0.263. The van der Waals surface area contributed by atoms with Gasteiger partial charge in [0.25, 0.3) is 5.56 Å². The highest BCUT2D eigenvalue weighted by Gasteiger charge is 2.23. The van der Waals surface area contributed by atoms with E-state index >= 15 is 0 Å². The van der Waals surface area contributed by atoms with E-state index in [0.717, 1.165) is 43.0 Å². The molecule has 0 unspecified atom stereocenters. The van der Waals surface area contributed by atoms with Gasteiger partial charge in [0, 0.05) is 30.9 Å². The molecule has 1 fully saturated rings. The molecule has 0 N–H and O–H groups in total. The first-order chi connectivity index (χ1) is 12.3. The Balaban J connectivity index is 1.54. The van der Waals surface area contributed by atoms with Crippen LogP contribution in [0.2, 0.25) is 0 Å². The maximum absolute atomic E-state index is 12.3. The van der Waals surface area contributed by atoms with E-state index in [0.29, 0.717) is 0 Å². The monoisotopic (exact) mass is 333 g/mol. The van der Waals surface area contributed by atoms with E-state index in [4.69, 9.17) is 0 Å². The van der Waals surface area contributed by atoms with Gasteiger partial charge in [-0.05, 0) is 25.0 Å². The average molecular weight is 333 g/mol. The summed E-state index contributed by atoms with van der Waals surface area (Å²) in [5.74, 6) is 0.937. The Kier molecular flexibility index (Phi) is 4.24. The molecular weight excluding hydrogens is 314 g/mol. The van der Waals surface area contributed by atoms with Crippen molar-refractivity contribution in [3.8, 4) is 11.3 Å². The summed E-state index contributed by atoms with van der Waals surface area (Å²) in [4.78, 5) is 22.8. The van der Waals surface area contributed by atoms with Crippen LogP contribution in [0.15, 0.2) is 65.8 Å². The molecule has 3 aromatic rings. The van der Waals surface area contributed by atoms with E-state index in [1.807, 2.05) is 36.4 Å². The molecule has 0 spiro atoms. The molecular formula is C19H19N5O. The Morgan fingerprint density at radius 2 is 1.76 bits per heavy atom. The van der Waals surface area contributed by atoms with E-state index in [1.54, 1.807) is 29.3 Å². The van der Waals surface area contributed by atoms with Crippen LogP contribution in [0, 0.1) is 0 Å². The van der Waals surface area contributed by atoms with Crippen molar-refractivity contribution < 1.29 is 0 Å². The van der Waals surface area contributed by atoms with Crippen LogP contribution in [-0.4, -0.2) is 32.8 Å². The van der Waals surface area contributed by atoms with Gasteiger partial charge in [-0.2, -0.15) is 5.10 Å². The molecule has 3 heterocycles. The third-order valence-corrected chi connectivity index (χ3v) is 4.60. The maximum atomic E-state index is 12.3. The molecule has 0 amide bonds. The minimum absolute atomic E-state index is 0.0415. The SMILES string of the molecule is O=c1ccc(-c2ccccc2)nn1C1CCN(c2ccncn2)CC1. The highest BCUT2D eigenvalue weighted by atomic mass is 16.1.